The Bertz CT molecular complexity index is 992. The minimum atomic E-state index is -3.67. The Morgan fingerprint density at radius 1 is 1.12 bits per heavy atom. The van der Waals surface area contributed by atoms with Crippen molar-refractivity contribution < 1.29 is 13.2 Å². The van der Waals surface area contributed by atoms with E-state index >= 15 is 0 Å². The van der Waals surface area contributed by atoms with E-state index in [-0.39, 0.29) is 20.9 Å². The summed E-state index contributed by atoms with van der Waals surface area (Å²) in [5.74, 6) is 0.0253. The summed E-state index contributed by atoms with van der Waals surface area (Å²) < 4.78 is 27.0. The topological polar surface area (TPSA) is 88.2 Å². The number of amides is 1. The number of nitrogens with zero attached hydrogens (tertiary/aromatic N) is 1. The Kier molecular flexibility index (Phi) is 5.40. The van der Waals surface area contributed by atoms with Crippen molar-refractivity contribution in [2.75, 3.05) is 10.0 Å². The van der Waals surface area contributed by atoms with Crippen molar-refractivity contribution in [2.45, 2.75) is 24.0 Å². The third-order valence-corrected chi connectivity index (χ3v) is 7.18. The van der Waals surface area contributed by atoms with Gasteiger partial charge in [-0.3, -0.25) is 9.52 Å². The van der Waals surface area contributed by atoms with Crippen LogP contribution < -0.4 is 10.0 Å². The molecule has 0 radical (unpaired) electrons. The number of carbonyl (C=O) groups is 1. The van der Waals surface area contributed by atoms with Crippen LogP contribution in [0, 0.1) is 0 Å². The van der Waals surface area contributed by atoms with E-state index in [1.54, 1.807) is 11.4 Å². The van der Waals surface area contributed by atoms with Crippen molar-refractivity contribution in [1.82, 2.24) is 4.98 Å². The predicted molar refractivity (Wildman–Crippen MR) is 106 cm³/mol. The normalized spacial score (nSPS) is 11.5. The van der Waals surface area contributed by atoms with Crippen molar-refractivity contribution in [3.63, 3.8) is 0 Å². The lowest BCUT2D eigenvalue weighted by Gasteiger charge is -2.07. The number of thiazole rings is 1. The van der Waals surface area contributed by atoms with Gasteiger partial charge in [0.15, 0.2) is 5.13 Å². The average Bonchev–Trinajstić information content (AvgIpc) is 3.27. The minimum absolute atomic E-state index is 0.152. The number of aromatic nitrogens is 1. The molecule has 1 amide bonds. The van der Waals surface area contributed by atoms with Crippen LogP contribution in [0.3, 0.4) is 0 Å². The van der Waals surface area contributed by atoms with Crippen LogP contribution in [0.25, 0.3) is 0 Å². The second-order valence-electron chi connectivity index (χ2n) is 5.81. The molecular formula is C17H17N3O3S3. The molecule has 0 spiro atoms. The standard InChI is InChI=1S/C17H17N3O3S3/c1-11(2)12-5-7-13(8-6-12)18-16(21)14-10-25-17(19-14)20-26(22,23)15-4-3-9-24-15/h3-11H,1-2H3,(H,18,21)(H,19,20). The number of sulfonamides is 1. The van der Waals surface area contributed by atoms with Crippen LogP contribution in [0.1, 0.15) is 35.8 Å². The Morgan fingerprint density at radius 3 is 2.46 bits per heavy atom. The van der Waals surface area contributed by atoms with E-state index in [0.29, 0.717) is 11.6 Å². The molecule has 0 aliphatic heterocycles. The van der Waals surface area contributed by atoms with Gasteiger partial charge >= 0.3 is 0 Å². The summed E-state index contributed by atoms with van der Waals surface area (Å²) in [6.07, 6.45) is 0. The highest BCUT2D eigenvalue weighted by Crippen LogP contribution is 2.23. The highest BCUT2D eigenvalue weighted by atomic mass is 32.2. The average molecular weight is 408 g/mol. The van der Waals surface area contributed by atoms with E-state index in [1.165, 1.54) is 17.0 Å². The van der Waals surface area contributed by atoms with Gasteiger partial charge in [0.1, 0.15) is 9.90 Å². The summed E-state index contributed by atoms with van der Waals surface area (Å²) in [4.78, 5) is 16.4. The second-order valence-corrected chi connectivity index (χ2v) is 9.52. The molecule has 2 heterocycles. The second kappa shape index (κ2) is 7.56. The highest BCUT2D eigenvalue weighted by molar-refractivity contribution is 7.94. The lowest BCUT2D eigenvalue weighted by atomic mass is 10.0. The molecule has 0 atom stereocenters. The zero-order chi connectivity index (χ0) is 18.7. The first-order valence-corrected chi connectivity index (χ1v) is 11.0. The van der Waals surface area contributed by atoms with Crippen LogP contribution in [-0.4, -0.2) is 19.3 Å². The van der Waals surface area contributed by atoms with E-state index in [0.717, 1.165) is 22.7 Å². The molecule has 0 aliphatic rings. The Balaban J connectivity index is 1.68. The number of benzene rings is 1. The number of anilines is 2. The van der Waals surface area contributed by atoms with E-state index in [2.05, 4.69) is 28.9 Å². The monoisotopic (exact) mass is 407 g/mol. The lowest BCUT2D eigenvalue weighted by Crippen LogP contribution is -2.14. The number of carbonyl (C=O) groups excluding carboxylic acids is 1. The third kappa shape index (κ3) is 4.29. The number of thiophene rings is 1. The fraction of sp³-hybridized carbons (Fsp3) is 0.176. The fourth-order valence-electron chi connectivity index (χ4n) is 2.15. The van der Waals surface area contributed by atoms with E-state index in [4.69, 9.17) is 0 Å². The summed E-state index contributed by atoms with van der Waals surface area (Å²) in [6, 6.07) is 10.8. The maximum absolute atomic E-state index is 12.3. The van der Waals surface area contributed by atoms with Crippen molar-refractivity contribution in [2.24, 2.45) is 0 Å². The molecule has 136 valence electrons. The summed E-state index contributed by atoms with van der Waals surface area (Å²) in [7, 11) is -3.67. The third-order valence-electron chi connectivity index (χ3n) is 3.55. The molecule has 0 bridgehead atoms. The molecule has 0 saturated heterocycles. The van der Waals surface area contributed by atoms with Gasteiger partial charge in [0, 0.05) is 11.1 Å². The smallest absolute Gasteiger partial charge is 0.275 e. The Hall–Kier alpha value is -2.23. The minimum Gasteiger partial charge on any atom is -0.321 e. The van der Waals surface area contributed by atoms with Gasteiger partial charge in [0.2, 0.25) is 0 Å². The Labute approximate surface area is 160 Å². The number of hydrogen-bond acceptors (Lipinski definition) is 6. The maximum atomic E-state index is 12.3. The molecule has 2 N–H and O–H groups in total. The first-order valence-electron chi connectivity index (χ1n) is 7.78. The lowest BCUT2D eigenvalue weighted by molar-refractivity contribution is 0.102. The predicted octanol–water partition coefficient (Wildman–Crippen LogP) is 4.38. The summed E-state index contributed by atoms with van der Waals surface area (Å²) >= 11 is 2.18. The molecule has 6 nitrogen and oxygen atoms in total. The molecule has 2 aromatic heterocycles. The van der Waals surface area contributed by atoms with Crippen LogP contribution in [0.4, 0.5) is 10.8 Å². The van der Waals surface area contributed by atoms with Crippen molar-refractivity contribution in [3.8, 4) is 0 Å². The summed E-state index contributed by atoms with van der Waals surface area (Å²) in [6.45, 7) is 4.20. The number of rotatable bonds is 6. The van der Waals surface area contributed by atoms with Crippen LogP contribution in [0.5, 0.6) is 0 Å². The van der Waals surface area contributed by atoms with Gasteiger partial charge in [-0.15, -0.1) is 22.7 Å². The molecule has 0 fully saturated rings. The van der Waals surface area contributed by atoms with Crippen molar-refractivity contribution >= 4 is 49.4 Å². The molecule has 0 unspecified atom stereocenters. The van der Waals surface area contributed by atoms with Gasteiger partial charge in [-0.2, -0.15) is 0 Å². The molecule has 26 heavy (non-hydrogen) atoms. The van der Waals surface area contributed by atoms with Crippen LogP contribution in [0.15, 0.2) is 51.4 Å². The van der Waals surface area contributed by atoms with Gasteiger partial charge in [0.25, 0.3) is 15.9 Å². The van der Waals surface area contributed by atoms with Crippen molar-refractivity contribution in [1.29, 1.82) is 0 Å². The van der Waals surface area contributed by atoms with Gasteiger partial charge in [-0.05, 0) is 35.1 Å². The van der Waals surface area contributed by atoms with Gasteiger partial charge in [-0.25, -0.2) is 13.4 Å². The van der Waals surface area contributed by atoms with Gasteiger partial charge in [0.05, 0.1) is 0 Å². The van der Waals surface area contributed by atoms with E-state index in [1.807, 2.05) is 24.3 Å². The molecule has 0 saturated carbocycles. The van der Waals surface area contributed by atoms with Crippen molar-refractivity contribution in [3.05, 3.63) is 58.4 Å². The fourth-order valence-corrected chi connectivity index (χ4v) is 5.09. The van der Waals surface area contributed by atoms with E-state index in [9.17, 15) is 13.2 Å². The SMILES string of the molecule is CC(C)c1ccc(NC(=O)c2csc(NS(=O)(=O)c3cccs3)n2)cc1. The molecular weight excluding hydrogens is 390 g/mol. The summed E-state index contributed by atoms with van der Waals surface area (Å²) in [5, 5.41) is 6.11. The zero-order valence-corrected chi connectivity index (χ0v) is 16.5. The first-order chi connectivity index (χ1) is 12.3. The van der Waals surface area contributed by atoms with Crippen LogP contribution >= 0.6 is 22.7 Å². The maximum Gasteiger partial charge on any atom is 0.275 e. The van der Waals surface area contributed by atoms with E-state index < -0.39 is 10.0 Å². The zero-order valence-electron chi connectivity index (χ0n) is 14.1. The largest absolute Gasteiger partial charge is 0.321 e. The first kappa shape index (κ1) is 18.6. The quantitative estimate of drug-likeness (QED) is 0.635. The molecule has 3 rings (SSSR count). The summed E-state index contributed by atoms with van der Waals surface area (Å²) in [5.41, 5.74) is 2.00. The molecule has 9 heteroatoms. The van der Waals surface area contributed by atoms with Gasteiger partial charge < -0.3 is 5.32 Å². The van der Waals surface area contributed by atoms with Crippen LogP contribution in [-0.2, 0) is 10.0 Å². The number of nitrogens with one attached hydrogen (secondary N) is 2. The molecule has 1 aromatic carbocycles. The highest BCUT2D eigenvalue weighted by Gasteiger charge is 2.18. The van der Waals surface area contributed by atoms with Gasteiger partial charge in [-0.1, -0.05) is 32.0 Å². The molecule has 0 aliphatic carbocycles. The Morgan fingerprint density at radius 2 is 1.85 bits per heavy atom. The number of hydrogen-bond donors (Lipinski definition) is 2. The van der Waals surface area contributed by atoms with Crippen LogP contribution in [0.2, 0.25) is 0 Å². The molecule has 3 aromatic rings.